The van der Waals surface area contributed by atoms with Crippen molar-refractivity contribution in [2.24, 2.45) is 5.84 Å². The monoisotopic (exact) mass is 227 g/mol. The van der Waals surface area contributed by atoms with Crippen LogP contribution >= 0.6 is 0 Å². The maximum Gasteiger partial charge on any atom is 0.145 e. The first-order valence-corrected chi connectivity index (χ1v) is 4.98. The fourth-order valence-corrected chi connectivity index (χ4v) is 1.22. The Labute approximate surface area is 93.7 Å². The van der Waals surface area contributed by atoms with Crippen molar-refractivity contribution in [2.75, 3.05) is 24.0 Å². The van der Waals surface area contributed by atoms with Gasteiger partial charge in [-0.2, -0.15) is 0 Å². The van der Waals surface area contributed by atoms with Crippen LogP contribution in [0.25, 0.3) is 0 Å². The summed E-state index contributed by atoms with van der Waals surface area (Å²) in [5.41, 5.74) is 1.61. The van der Waals surface area contributed by atoms with Crippen LogP contribution in [0.1, 0.15) is 13.3 Å². The Morgan fingerprint density at radius 3 is 2.44 bits per heavy atom. The smallest absolute Gasteiger partial charge is 0.145 e. The quantitative estimate of drug-likeness (QED) is 0.322. The second-order valence-corrected chi connectivity index (χ2v) is 3.51. The van der Waals surface area contributed by atoms with E-state index in [2.05, 4.69) is 20.7 Å². The molecule has 1 heterocycles. The van der Waals surface area contributed by atoms with Crippen molar-refractivity contribution in [2.45, 2.75) is 18.9 Å². The summed E-state index contributed by atoms with van der Waals surface area (Å²) < 4.78 is 0. The van der Waals surface area contributed by atoms with Crippen molar-refractivity contribution in [3.8, 4) is 0 Å². The molecule has 1 rings (SSSR count). The fraction of sp³-hybridized carbons (Fsp3) is 0.556. The first kappa shape index (κ1) is 12.6. The van der Waals surface area contributed by atoms with E-state index in [1.807, 2.05) is 6.92 Å². The number of hydrazine groups is 1. The van der Waals surface area contributed by atoms with Gasteiger partial charge in [-0.3, -0.25) is 0 Å². The van der Waals surface area contributed by atoms with Crippen molar-refractivity contribution < 1.29 is 10.2 Å². The van der Waals surface area contributed by atoms with E-state index in [0.717, 1.165) is 0 Å². The Morgan fingerprint density at radius 2 is 1.94 bits per heavy atom. The number of aliphatic hydroxyl groups excluding tert-OH is 2. The van der Waals surface area contributed by atoms with Gasteiger partial charge in [0.15, 0.2) is 0 Å². The zero-order valence-corrected chi connectivity index (χ0v) is 9.14. The van der Waals surface area contributed by atoms with Gasteiger partial charge in [0, 0.05) is 6.07 Å². The Hall–Kier alpha value is -1.44. The zero-order valence-electron chi connectivity index (χ0n) is 9.14. The van der Waals surface area contributed by atoms with Crippen LogP contribution in [0.15, 0.2) is 12.4 Å². The van der Waals surface area contributed by atoms with Crippen LogP contribution in [0.5, 0.6) is 0 Å². The van der Waals surface area contributed by atoms with Crippen LogP contribution in [0.4, 0.5) is 11.6 Å². The molecular formula is C9H17N5O2. The molecule has 0 amide bonds. The highest BCUT2D eigenvalue weighted by atomic mass is 16.3. The molecule has 7 heteroatoms. The average Bonchev–Trinajstić information content (AvgIpc) is 2.36. The minimum atomic E-state index is -0.778. The summed E-state index contributed by atoms with van der Waals surface area (Å²) in [4.78, 5) is 7.83. The molecule has 0 bridgehead atoms. The lowest BCUT2D eigenvalue weighted by Crippen LogP contribution is -2.45. The van der Waals surface area contributed by atoms with Gasteiger partial charge in [-0.05, 0) is 6.42 Å². The van der Waals surface area contributed by atoms with Crippen molar-refractivity contribution >= 4 is 11.6 Å². The summed E-state index contributed by atoms with van der Waals surface area (Å²) in [5.74, 6) is 6.16. The molecule has 0 atom stereocenters. The van der Waals surface area contributed by atoms with E-state index < -0.39 is 5.54 Å². The van der Waals surface area contributed by atoms with E-state index in [4.69, 9.17) is 5.84 Å². The molecule has 7 nitrogen and oxygen atoms in total. The van der Waals surface area contributed by atoms with Gasteiger partial charge in [-0.25, -0.2) is 15.8 Å². The third kappa shape index (κ3) is 2.78. The number of nitrogens with zero attached hydrogens (tertiary/aromatic N) is 2. The Kier molecular flexibility index (Phi) is 4.41. The first-order chi connectivity index (χ1) is 7.69. The van der Waals surface area contributed by atoms with Crippen LogP contribution in [-0.4, -0.2) is 38.9 Å². The van der Waals surface area contributed by atoms with E-state index >= 15 is 0 Å². The molecule has 0 aliphatic rings. The van der Waals surface area contributed by atoms with Crippen molar-refractivity contribution in [3.63, 3.8) is 0 Å². The molecular weight excluding hydrogens is 210 g/mol. The Morgan fingerprint density at radius 1 is 1.31 bits per heavy atom. The minimum Gasteiger partial charge on any atom is -0.394 e. The number of nitrogens with one attached hydrogen (secondary N) is 2. The zero-order chi connectivity index (χ0) is 12.0. The predicted octanol–water partition coefficient (Wildman–Crippen LogP) is -0.693. The number of anilines is 2. The van der Waals surface area contributed by atoms with E-state index in [0.29, 0.717) is 18.1 Å². The largest absolute Gasteiger partial charge is 0.394 e. The highest BCUT2D eigenvalue weighted by Gasteiger charge is 2.26. The number of nitrogens with two attached hydrogens (primary N) is 1. The minimum absolute atomic E-state index is 0.185. The molecule has 0 saturated heterocycles. The predicted molar refractivity (Wildman–Crippen MR) is 60.7 cm³/mol. The standard InChI is InChI=1S/C9H17N5O2/c1-2-9(4-15,5-16)13-7-3-8(14-10)12-6-11-7/h3,6,15-16H,2,4-5,10H2,1H3,(H2,11,12,13,14). The maximum atomic E-state index is 9.26. The molecule has 16 heavy (non-hydrogen) atoms. The molecule has 1 aromatic rings. The van der Waals surface area contributed by atoms with Crippen LogP contribution < -0.4 is 16.6 Å². The third-order valence-electron chi connectivity index (χ3n) is 2.49. The van der Waals surface area contributed by atoms with Gasteiger partial charge in [0.25, 0.3) is 0 Å². The highest BCUT2D eigenvalue weighted by Crippen LogP contribution is 2.17. The van der Waals surface area contributed by atoms with Gasteiger partial charge in [0.05, 0.1) is 18.8 Å². The van der Waals surface area contributed by atoms with Gasteiger partial charge in [-0.1, -0.05) is 6.92 Å². The van der Waals surface area contributed by atoms with Crippen LogP contribution in [0.2, 0.25) is 0 Å². The molecule has 0 aliphatic heterocycles. The second-order valence-electron chi connectivity index (χ2n) is 3.51. The number of rotatable bonds is 6. The molecule has 1 aromatic heterocycles. The van der Waals surface area contributed by atoms with E-state index in [9.17, 15) is 10.2 Å². The lowest BCUT2D eigenvalue weighted by atomic mass is 9.98. The van der Waals surface area contributed by atoms with E-state index in [-0.39, 0.29) is 13.2 Å². The highest BCUT2D eigenvalue weighted by molar-refractivity contribution is 5.47. The molecule has 0 aromatic carbocycles. The van der Waals surface area contributed by atoms with Gasteiger partial charge < -0.3 is 21.0 Å². The Balaban J connectivity index is 2.84. The van der Waals surface area contributed by atoms with Gasteiger partial charge >= 0.3 is 0 Å². The molecule has 6 N–H and O–H groups in total. The Bertz CT molecular complexity index is 321. The van der Waals surface area contributed by atoms with Crippen molar-refractivity contribution in [3.05, 3.63) is 12.4 Å². The van der Waals surface area contributed by atoms with E-state index in [1.165, 1.54) is 6.33 Å². The lowest BCUT2D eigenvalue weighted by Gasteiger charge is -2.30. The summed E-state index contributed by atoms with van der Waals surface area (Å²) in [6.07, 6.45) is 1.90. The summed E-state index contributed by atoms with van der Waals surface area (Å²) in [7, 11) is 0. The molecule has 0 unspecified atom stereocenters. The summed E-state index contributed by atoms with van der Waals surface area (Å²) in [6.45, 7) is 1.49. The number of hydrogen-bond acceptors (Lipinski definition) is 7. The summed E-state index contributed by atoms with van der Waals surface area (Å²) >= 11 is 0. The molecule has 0 radical (unpaired) electrons. The fourth-order valence-electron chi connectivity index (χ4n) is 1.22. The molecule has 0 fully saturated rings. The van der Waals surface area contributed by atoms with Crippen LogP contribution in [0, 0.1) is 0 Å². The number of aromatic nitrogens is 2. The van der Waals surface area contributed by atoms with Gasteiger partial charge in [0.2, 0.25) is 0 Å². The molecule has 0 saturated carbocycles. The lowest BCUT2D eigenvalue weighted by molar-refractivity contribution is 0.132. The van der Waals surface area contributed by atoms with Crippen LogP contribution in [0.3, 0.4) is 0 Å². The average molecular weight is 227 g/mol. The van der Waals surface area contributed by atoms with Crippen LogP contribution in [-0.2, 0) is 0 Å². The summed E-state index contributed by atoms with van der Waals surface area (Å²) in [6, 6.07) is 1.59. The summed E-state index contributed by atoms with van der Waals surface area (Å²) in [5, 5.41) is 21.5. The van der Waals surface area contributed by atoms with Crippen molar-refractivity contribution in [1.82, 2.24) is 9.97 Å². The molecule has 0 aliphatic carbocycles. The van der Waals surface area contributed by atoms with Crippen molar-refractivity contribution in [1.29, 1.82) is 0 Å². The molecule has 0 spiro atoms. The topological polar surface area (TPSA) is 116 Å². The first-order valence-electron chi connectivity index (χ1n) is 4.98. The second kappa shape index (κ2) is 5.59. The number of hydrogen-bond donors (Lipinski definition) is 5. The van der Waals surface area contributed by atoms with Gasteiger partial charge in [-0.15, -0.1) is 0 Å². The number of aliphatic hydroxyl groups is 2. The number of nitrogen functional groups attached to an aromatic ring is 1. The van der Waals surface area contributed by atoms with Gasteiger partial charge in [0.1, 0.15) is 18.0 Å². The SMILES string of the molecule is CCC(CO)(CO)Nc1cc(NN)ncn1. The normalized spacial score (nSPS) is 11.2. The third-order valence-corrected chi connectivity index (χ3v) is 2.49. The maximum absolute atomic E-state index is 9.26. The molecule has 90 valence electrons. The van der Waals surface area contributed by atoms with E-state index in [1.54, 1.807) is 6.07 Å².